The topological polar surface area (TPSA) is 57.2 Å². The first-order valence-electron chi connectivity index (χ1n) is 9.64. The van der Waals surface area contributed by atoms with Crippen LogP contribution >= 0.6 is 0 Å². The highest BCUT2D eigenvalue weighted by Crippen LogP contribution is 2.39. The quantitative estimate of drug-likeness (QED) is 0.555. The van der Waals surface area contributed by atoms with Crippen molar-refractivity contribution in [2.24, 2.45) is 0 Å². The van der Waals surface area contributed by atoms with E-state index in [2.05, 4.69) is 0 Å². The molecule has 6 nitrogen and oxygen atoms in total. The summed E-state index contributed by atoms with van der Waals surface area (Å²) in [5.74, 6) is 2.06. The zero-order valence-electron chi connectivity index (χ0n) is 16.9. The molecule has 1 unspecified atom stereocenters. The van der Waals surface area contributed by atoms with Crippen LogP contribution in [0.1, 0.15) is 17.2 Å². The monoisotopic (exact) mass is 405 g/mol. The zero-order valence-corrected chi connectivity index (χ0v) is 16.9. The van der Waals surface area contributed by atoms with E-state index in [-0.39, 0.29) is 12.6 Å². The molecule has 0 saturated carbocycles. The molecule has 0 radical (unpaired) electrons. The normalized spacial score (nSPS) is 15.6. The predicted molar refractivity (Wildman–Crippen MR) is 113 cm³/mol. The molecule has 3 aromatic rings. The average Bonchev–Trinajstić information content (AvgIpc) is 3.19. The maximum atomic E-state index is 12.5. The van der Waals surface area contributed by atoms with Gasteiger partial charge in [0.15, 0.2) is 0 Å². The largest absolute Gasteiger partial charge is 0.497 e. The number of anilines is 1. The molecule has 1 saturated heterocycles. The number of cyclic esters (lactones) is 1. The predicted octanol–water partition coefficient (Wildman–Crippen LogP) is 4.98. The van der Waals surface area contributed by atoms with E-state index in [0.717, 1.165) is 22.6 Å². The van der Waals surface area contributed by atoms with Crippen LogP contribution in [0.15, 0.2) is 72.8 Å². The third-order valence-electron chi connectivity index (χ3n) is 5.04. The minimum Gasteiger partial charge on any atom is -0.497 e. The first-order valence-corrected chi connectivity index (χ1v) is 9.64. The maximum absolute atomic E-state index is 12.5. The molecule has 0 spiro atoms. The minimum atomic E-state index is -0.394. The van der Waals surface area contributed by atoms with Crippen molar-refractivity contribution < 1.29 is 23.7 Å². The van der Waals surface area contributed by atoms with Crippen LogP contribution in [0.3, 0.4) is 0 Å². The van der Waals surface area contributed by atoms with Crippen molar-refractivity contribution in [1.29, 1.82) is 0 Å². The van der Waals surface area contributed by atoms with E-state index in [1.807, 2.05) is 72.8 Å². The van der Waals surface area contributed by atoms with E-state index in [1.165, 1.54) is 0 Å². The van der Waals surface area contributed by atoms with Gasteiger partial charge in [-0.3, -0.25) is 4.90 Å². The number of rotatable bonds is 7. The highest BCUT2D eigenvalue weighted by molar-refractivity contribution is 5.90. The number of benzene rings is 3. The summed E-state index contributed by atoms with van der Waals surface area (Å²) in [6.45, 7) is 0.643. The Kier molecular flexibility index (Phi) is 5.75. The molecule has 0 aliphatic carbocycles. The molecule has 0 bridgehead atoms. The van der Waals surface area contributed by atoms with Crippen LogP contribution in [-0.4, -0.2) is 26.9 Å². The van der Waals surface area contributed by atoms with Crippen molar-refractivity contribution in [3.63, 3.8) is 0 Å². The van der Waals surface area contributed by atoms with Gasteiger partial charge in [0.2, 0.25) is 0 Å². The van der Waals surface area contributed by atoms with Crippen LogP contribution in [0.4, 0.5) is 10.5 Å². The van der Waals surface area contributed by atoms with Crippen LogP contribution < -0.4 is 19.1 Å². The van der Waals surface area contributed by atoms with Gasteiger partial charge in [-0.05, 0) is 42.0 Å². The first kappa shape index (κ1) is 19.6. The van der Waals surface area contributed by atoms with E-state index < -0.39 is 6.09 Å². The number of hydrogen-bond donors (Lipinski definition) is 0. The first-order chi connectivity index (χ1) is 14.7. The van der Waals surface area contributed by atoms with E-state index in [1.54, 1.807) is 19.1 Å². The zero-order chi connectivity index (χ0) is 20.9. The molecule has 6 heteroatoms. The van der Waals surface area contributed by atoms with Gasteiger partial charge in [0.1, 0.15) is 36.5 Å². The lowest BCUT2D eigenvalue weighted by atomic mass is 10.0. The summed E-state index contributed by atoms with van der Waals surface area (Å²) in [7, 11) is 3.22. The van der Waals surface area contributed by atoms with E-state index in [9.17, 15) is 4.79 Å². The molecule has 0 aromatic heterocycles. The molecule has 1 amide bonds. The maximum Gasteiger partial charge on any atom is 0.415 e. The summed E-state index contributed by atoms with van der Waals surface area (Å²) in [5, 5.41) is 0. The van der Waals surface area contributed by atoms with Crippen molar-refractivity contribution in [1.82, 2.24) is 0 Å². The number of nitrogens with zero attached hydrogens (tertiary/aromatic N) is 1. The van der Waals surface area contributed by atoms with Crippen molar-refractivity contribution in [3.8, 4) is 17.2 Å². The third kappa shape index (κ3) is 4.03. The van der Waals surface area contributed by atoms with Gasteiger partial charge in [0, 0.05) is 17.3 Å². The fourth-order valence-electron chi connectivity index (χ4n) is 3.46. The minimum absolute atomic E-state index is 0.235. The second-order valence-corrected chi connectivity index (χ2v) is 6.84. The van der Waals surface area contributed by atoms with E-state index in [0.29, 0.717) is 18.1 Å². The third-order valence-corrected chi connectivity index (χ3v) is 5.04. The summed E-state index contributed by atoms with van der Waals surface area (Å²) in [5.41, 5.74) is 2.64. The Morgan fingerprint density at radius 1 is 0.933 bits per heavy atom. The SMILES string of the molecule is COc1ccc(N2C(=O)OCC2c2ccc(OC)cc2OCc2ccccc2)cc1. The van der Waals surface area contributed by atoms with Crippen LogP contribution in [0.2, 0.25) is 0 Å². The van der Waals surface area contributed by atoms with Gasteiger partial charge in [-0.15, -0.1) is 0 Å². The molecule has 1 aliphatic rings. The number of ether oxygens (including phenoxy) is 4. The molecule has 30 heavy (non-hydrogen) atoms. The lowest BCUT2D eigenvalue weighted by Crippen LogP contribution is -2.27. The summed E-state index contributed by atoms with van der Waals surface area (Å²) in [4.78, 5) is 14.2. The van der Waals surface area contributed by atoms with Gasteiger partial charge in [-0.25, -0.2) is 4.79 Å². The number of carbonyl (C=O) groups excluding carboxylic acids is 1. The number of methoxy groups -OCH3 is 2. The molecule has 154 valence electrons. The van der Waals surface area contributed by atoms with Crippen molar-refractivity contribution >= 4 is 11.8 Å². The fraction of sp³-hybridized carbons (Fsp3) is 0.208. The van der Waals surface area contributed by atoms with Gasteiger partial charge < -0.3 is 18.9 Å². The highest BCUT2D eigenvalue weighted by Gasteiger charge is 2.37. The smallest absolute Gasteiger partial charge is 0.415 e. The number of hydrogen-bond acceptors (Lipinski definition) is 5. The van der Waals surface area contributed by atoms with Crippen LogP contribution in [0.25, 0.3) is 0 Å². The molecular weight excluding hydrogens is 382 g/mol. The lowest BCUT2D eigenvalue weighted by molar-refractivity contribution is 0.178. The van der Waals surface area contributed by atoms with Gasteiger partial charge >= 0.3 is 6.09 Å². The second kappa shape index (κ2) is 8.78. The fourth-order valence-corrected chi connectivity index (χ4v) is 3.46. The van der Waals surface area contributed by atoms with Crippen LogP contribution in [0.5, 0.6) is 17.2 Å². The molecular formula is C24H23NO5. The lowest BCUT2D eigenvalue weighted by Gasteiger charge is -2.24. The number of carbonyl (C=O) groups is 1. The van der Waals surface area contributed by atoms with Crippen LogP contribution in [-0.2, 0) is 11.3 Å². The average molecular weight is 405 g/mol. The van der Waals surface area contributed by atoms with Gasteiger partial charge in [-0.2, -0.15) is 0 Å². The molecule has 3 aromatic carbocycles. The van der Waals surface area contributed by atoms with E-state index >= 15 is 0 Å². The van der Waals surface area contributed by atoms with E-state index in [4.69, 9.17) is 18.9 Å². The molecule has 1 fully saturated rings. The van der Waals surface area contributed by atoms with Crippen molar-refractivity contribution in [2.75, 3.05) is 25.7 Å². The Bertz CT molecular complexity index is 1000. The Hall–Kier alpha value is -3.67. The van der Waals surface area contributed by atoms with Gasteiger partial charge in [0.25, 0.3) is 0 Å². The molecule has 1 atom stereocenters. The highest BCUT2D eigenvalue weighted by atomic mass is 16.6. The summed E-state index contributed by atoms with van der Waals surface area (Å²) in [6, 6.07) is 22.5. The molecule has 0 N–H and O–H groups in total. The molecule has 1 heterocycles. The van der Waals surface area contributed by atoms with Gasteiger partial charge in [0.05, 0.1) is 14.2 Å². The standard InChI is InChI=1S/C24H23NO5/c1-27-19-10-8-18(9-11-19)25-22(16-30-24(25)26)21-13-12-20(28-2)14-23(21)29-15-17-6-4-3-5-7-17/h3-14,22H,15-16H2,1-2H3. The van der Waals surface area contributed by atoms with Gasteiger partial charge in [-0.1, -0.05) is 30.3 Å². The molecule has 4 rings (SSSR count). The Morgan fingerprint density at radius 3 is 2.33 bits per heavy atom. The Labute approximate surface area is 175 Å². The summed E-state index contributed by atoms with van der Waals surface area (Å²) >= 11 is 0. The Balaban J connectivity index is 1.66. The second-order valence-electron chi connectivity index (χ2n) is 6.84. The Morgan fingerprint density at radius 2 is 1.63 bits per heavy atom. The molecule has 1 aliphatic heterocycles. The van der Waals surface area contributed by atoms with Crippen LogP contribution in [0, 0.1) is 0 Å². The number of amides is 1. The van der Waals surface area contributed by atoms with Crippen molar-refractivity contribution in [3.05, 3.63) is 83.9 Å². The summed E-state index contributed by atoms with van der Waals surface area (Å²) < 4.78 is 22.1. The van der Waals surface area contributed by atoms with Crippen molar-refractivity contribution in [2.45, 2.75) is 12.6 Å². The summed E-state index contributed by atoms with van der Waals surface area (Å²) in [6.07, 6.45) is -0.394.